The molecule has 3 N–H and O–H groups in total. The fraction of sp³-hybridized carbons (Fsp3) is 0.136. The van der Waals surface area contributed by atoms with Crippen LogP contribution in [0.5, 0.6) is 11.5 Å². The minimum atomic E-state index is -0.266. The summed E-state index contributed by atoms with van der Waals surface area (Å²) < 4.78 is 5.82. The number of rotatable bonds is 6. The van der Waals surface area contributed by atoms with Gasteiger partial charge in [0, 0.05) is 16.6 Å². The molecule has 0 aliphatic rings. The molecule has 0 radical (unpaired) electrons. The Bertz CT molecular complexity index is 1150. The van der Waals surface area contributed by atoms with E-state index in [1.165, 1.54) is 0 Å². The molecular weight excluding hydrogens is 368 g/mol. The lowest BCUT2D eigenvalue weighted by Crippen LogP contribution is -2.28. The number of aromatic hydroxyl groups is 1. The summed E-state index contributed by atoms with van der Waals surface area (Å²) in [5, 5.41) is 20.1. The summed E-state index contributed by atoms with van der Waals surface area (Å²) in [4.78, 5) is 16.9. The van der Waals surface area contributed by atoms with Crippen molar-refractivity contribution in [2.24, 2.45) is 0 Å². The highest BCUT2D eigenvalue weighted by Crippen LogP contribution is 2.24. The zero-order chi connectivity index (χ0) is 20.2. The Hall–Kier alpha value is -3.87. The molecule has 2 aromatic heterocycles. The maximum Gasteiger partial charge on any atom is 0.269 e. The van der Waals surface area contributed by atoms with Crippen molar-refractivity contribution in [1.82, 2.24) is 20.5 Å². The van der Waals surface area contributed by atoms with Crippen molar-refractivity contribution in [1.29, 1.82) is 0 Å². The summed E-state index contributed by atoms with van der Waals surface area (Å²) in [5.74, 6) is 0.605. The molecule has 2 heterocycles. The lowest BCUT2D eigenvalue weighted by molar-refractivity contribution is 0.0942. The van der Waals surface area contributed by atoms with Crippen LogP contribution in [0, 0.1) is 6.92 Å². The topological polar surface area (TPSA) is 100 Å². The molecule has 1 amide bonds. The van der Waals surface area contributed by atoms with Gasteiger partial charge in [0.15, 0.2) is 0 Å². The number of nitrogens with one attached hydrogen (secondary N) is 2. The van der Waals surface area contributed by atoms with Crippen LogP contribution < -0.4 is 10.1 Å². The number of carbonyl (C=O) groups excluding carboxylic acids is 1. The third kappa shape index (κ3) is 4.19. The molecule has 29 heavy (non-hydrogen) atoms. The molecule has 0 saturated heterocycles. The molecule has 0 unspecified atom stereocenters. The fourth-order valence-corrected chi connectivity index (χ4v) is 2.97. The van der Waals surface area contributed by atoms with Crippen molar-refractivity contribution in [2.75, 3.05) is 13.2 Å². The van der Waals surface area contributed by atoms with Crippen LogP contribution in [0.1, 0.15) is 16.2 Å². The van der Waals surface area contributed by atoms with Crippen LogP contribution in [0.25, 0.3) is 22.2 Å². The molecular formula is C22H20N4O3. The van der Waals surface area contributed by atoms with Crippen molar-refractivity contribution in [3.8, 4) is 22.8 Å². The molecule has 7 heteroatoms. The largest absolute Gasteiger partial charge is 0.508 e. The van der Waals surface area contributed by atoms with E-state index < -0.39 is 0 Å². The molecule has 4 rings (SSSR count). The number of pyridine rings is 1. The lowest BCUT2D eigenvalue weighted by atomic mass is 10.1. The first kappa shape index (κ1) is 18.5. The van der Waals surface area contributed by atoms with E-state index in [2.05, 4.69) is 20.5 Å². The summed E-state index contributed by atoms with van der Waals surface area (Å²) in [6.07, 6.45) is 0. The highest BCUT2D eigenvalue weighted by Gasteiger charge is 2.11. The van der Waals surface area contributed by atoms with Crippen LogP contribution >= 0.6 is 0 Å². The third-order valence-corrected chi connectivity index (χ3v) is 4.45. The summed E-state index contributed by atoms with van der Waals surface area (Å²) in [6, 6.07) is 18.0. The van der Waals surface area contributed by atoms with Crippen LogP contribution in [-0.2, 0) is 0 Å². The molecule has 0 saturated carbocycles. The van der Waals surface area contributed by atoms with Crippen molar-refractivity contribution in [3.05, 3.63) is 72.1 Å². The Labute approximate surface area is 167 Å². The first-order chi connectivity index (χ1) is 14.1. The number of ether oxygens (including phenoxy) is 1. The van der Waals surface area contributed by atoms with Gasteiger partial charge in [-0.15, -0.1) is 0 Å². The molecule has 0 spiro atoms. The van der Waals surface area contributed by atoms with Gasteiger partial charge in [-0.25, -0.2) is 4.98 Å². The fourth-order valence-electron chi connectivity index (χ4n) is 2.97. The van der Waals surface area contributed by atoms with Gasteiger partial charge >= 0.3 is 0 Å². The summed E-state index contributed by atoms with van der Waals surface area (Å²) in [7, 11) is 0. The number of aromatic amines is 1. The number of phenolic OH excluding ortho intramolecular Hbond substituents is 1. The molecule has 7 nitrogen and oxygen atoms in total. The van der Waals surface area contributed by atoms with Gasteiger partial charge in [0.05, 0.1) is 12.2 Å². The lowest BCUT2D eigenvalue weighted by Gasteiger charge is -2.09. The number of carbonyl (C=O) groups is 1. The minimum absolute atomic E-state index is 0.179. The summed E-state index contributed by atoms with van der Waals surface area (Å²) in [6.45, 7) is 2.60. The van der Waals surface area contributed by atoms with Crippen molar-refractivity contribution in [2.45, 2.75) is 6.92 Å². The summed E-state index contributed by atoms with van der Waals surface area (Å²) in [5.41, 5.74) is 3.52. The Morgan fingerprint density at radius 1 is 1.14 bits per heavy atom. The van der Waals surface area contributed by atoms with E-state index in [9.17, 15) is 9.90 Å². The van der Waals surface area contributed by atoms with Gasteiger partial charge in [0.25, 0.3) is 5.91 Å². The van der Waals surface area contributed by atoms with Crippen molar-refractivity contribution >= 4 is 16.8 Å². The van der Waals surface area contributed by atoms with E-state index >= 15 is 0 Å². The van der Waals surface area contributed by atoms with Gasteiger partial charge in [-0.1, -0.05) is 18.2 Å². The van der Waals surface area contributed by atoms with E-state index in [-0.39, 0.29) is 11.7 Å². The maximum atomic E-state index is 12.3. The van der Waals surface area contributed by atoms with E-state index in [0.29, 0.717) is 30.3 Å². The number of phenols is 1. The van der Waals surface area contributed by atoms with Gasteiger partial charge in [0.1, 0.15) is 29.3 Å². The Morgan fingerprint density at radius 3 is 2.79 bits per heavy atom. The Balaban J connectivity index is 1.34. The van der Waals surface area contributed by atoms with E-state index in [4.69, 9.17) is 4.74 Å². The van der Waals surface area contributed by atoms with E-state index in [1.54, 1.807) is 30.3 Å². The second-order valence-corrected chi connectivity index (χ2v) is 6.60. The van der Waals surface area contributed by atoms with Gasteiger partial charge in [-0.05, 0) is 49.4 Å². The van der Waals surface area contributed by atoms with Crippen LogP contribution in [0.3, 0.4) is 0 Å². The summed E-state index contributed by atoms with van der Waals surface area (Å²) >= 11 is 0. The average Bonchev–Trinajstić information content (AvgIpc) is 3.22. The smallest absolute Gasteiger partial charge is 0.269 e. The monoisotopic (exact) mass is 388 g/mol. The zero-order valence-electron chi connectivity index (χ0n) is 15.8. The zero-order valence-corrected chi connectivity index (χ0v) is 15.8. The predicted octanol–water partition coefficient (Wildman–Crippen LogP) is 3.45. The van der Waals surface area contributed by atoms with Gasteiger partial charge < -0.3 is 15.2 Å². The number of para-hydroxylation sites is 1. The minimum Gasteiger partial charge on any atom is -0.508 e. The Morgan fingerprint density at radius 2 is 1.97 bits per heavy atom. The normalized spacial score (nSPS) is 10.8. The standard InChI is InChI=1S/C22H20N4O3/c1-14-5-6-16-3-2-4-20(21(16)24-14)29-12-11-23-22(28)19-13-18(25-26-19)15-7-9-17(27)10-8-15/h2-10,13,27H,11-12H2,1H3,(H,23,28)(H,25,26). The van der Waals surface area contributed by atoms with Crippen LogP contribution in [0.15, 0.2) is 60.7 Å². The number of benzene rings is 2. The van der Waals surface area contributed by atoms with Crippen molar-refractivity contribution in [3.63, 3.8) is 0 Å². The Kier molecular flexibility index (Phi) is 5.11. The molecule has 4 aromatic rings. The molecule has 146 valence electrons. The number of fused-ring (bicyclic) bond motifs is 1. The number of aryl methyl sites for hydroxylation is 1. The van der Waals surface area contributed by atoms with Gasteiger partial charge in [-0.2, -0.15) is 5.10 Å². The molecule has 0 bridgehead atoms. The quantitative estimate of drug-likeness (QED) is 0.439. The van der Waals surface area contributed by atoms with Crippen molar-refractivity contribution < 1.29 is 14.6 Å². The molecule has 0 aliphatic heterocycles. The first-order valence-corrected chi connectivity index (χ1v) is 9.22. The number of aromatic nitrogens is 3. The number of nitrogens with zero attached hydrogens (tertiary/aromatic N) is 2. The van der Waals surface area contributed by atoms with E-state index in [1.807, 2.05) is 37.3 Å². The molecule has 0 atom stereocenters. The van der Waals surface area contributed by atoms with Crippen LogP contribution in [-0.4, -0.2) is 39.3 Å². The molecule has 0 aliphatic carbocycles. The third-order valence-electron chi connectivity index (χ3n) is 4.45. The number of hydrogen-bond donors (Lipinski definition) is 3. The van der Waals surface area contributed by atoms with Gasteiger partial charge in [-0.3, -0.25) is 9.89 Å². The SMILES string of the molecule is Cc1ccc2cccc(OCCNC(=O)c3cc(-c4ccc(O)cc4)n[nH]3)c2n1. The number of H-pyrrole nitrogens is 1. The highest BCUT2D eigenvalue weighted by atomic mass is 16.5. The highest BCUT2D eigenvalue weighted by molar-refractivity contribution is 5.93. The number of hydrogen-bond acceptors (Lipinski definition) is 5. The predicted molar refractivity (Wildman–Crippen MR) is 110 cm³/mol. The maximum absolute atomic E-state index is 12.3. The second-order valence-electron chi connectivity index (χ2n) is 6.60. The first-order valence-electron chi connectivity index (χ1n) is 9.22. The number of amides is 1. The van der Waals surface area contributed by atoms with E-state index in [0.717, 1.165) is 22.2 Å². The van der Waals surface area contributed by atoms with Gasteiger partial charge in [0.2, 0.25) is 0 Å². The average molecular weight is 388 g/mol. The second kappa shape index (κ2) is 8.02. The molecule has 0 fully saturated rings. The van der Waals surface area contributed by atoms with Crippen LogP contribution in [0.2, 0.25) is 0 Å². The molecule has 2 aromatic carbocycles. The van der Waals surface area contributed by atoms with Crippen LogP contribution in [0.4, 0.5) is 0 Å².